The molecule has 1 amide bonds. The zero-order chi connectivity index (χ0) is 12.3. The van der Waals surface area contributed by atoms with Gasteiger partial charge in [0.1, 0.15) is 0 Å². The lowest BCUT2D eigenvalue weighted by molar-refractivity contribution is 0.0999. The van der Waals surface area contributed by atoms with Crippen LogP contribution >= 0.6 is 0 Å². The van der Waals surface area contributed by atoms with Gasteiger partial charge in [0.2, 0.25) is 5.91 Å². The minimum absolute atomic E-state index is 0.462. The molecule has 1 heterocycles. The lowest BCUT2D eigenvalue weighted by Crippen LogP contribution is -2.14. The number of hydrogen-bond donors (Lipinski definition) is 2. The molecule has 1 aromatic heterocycles. The maximum atomic E-state index is 11.3. The predicted molar refractivity (Wildman–Crippen MR) is 66.4 cm³/mol. The fraction of sp³-hybridized carbons (Fsp3) is 0.0769. The standard InChI is InChI=1S/C13H13N3O/c14-11-4-3-10(12(7-11)13(15)17)6-9-2-1-5-16-8-9/h1-5,7-8H,6,14H2,(H2,15,17). The van der Waals surface area contributed by atoms with E-state index in [4.69, 9.17) is 11.5 Å². The van der Waals surface area contributed by atoms with Gasteiger partial charge in [0.25, 0.3) is 0 Å². The summed E-state index contributed by atoms with van der Waals surface area (Å²) >= 11 is 0. The minimum Gasteiger partial charge on any atom is -0.399 e. The van der Waals surface area contributed by atoms with Crippen LogP contribution in [0.1, 0.15) is 21.5 Å². The molecule has 17 heavy (non-hydrogen) atoms. The number of anilines is 1. The van der Waals surface area contributed by atoms with Crippen LogP contribution in [0.3, 0.4) is 0 Å². The van der Waals surface area contributed by atoms with Gasteiger partial charge in [0, 0.05) is 23.6 Å². The van der Waals surface area contributed by atoms with E-state index in [0.717, 1.165) is 11.1 Å². The summed E-state index contributed by atoms with van der Waals surface area (Å²) in [5.74, 6) is -0.462. The highest BCUT2D eigenvalue weighted by molar-refractivity contribution is 5.95. The molecule has 0 unspecified atom stereocenters. The Labute approximate surface area is 99.3 Å². The van der Waals surface area contributed by atoms with Crippen LogP contribution in [0.4, 0.5) is 5.69 Å². The van der Waals surface area contributed by atoms with Gasteiger partial charge in [0.05, 0.1) is 0 Å². The second-order valence-electron chi connectivity index (χ2n) is 3.82. The summed E-state index contributed by atoms with van der Waals surface area (Å²) in [4.78, 5) is 15.3. The maximum absolute atomic E-state index is 11.3. The van der Waals surface area contributed by atoms with E-state index >= 15 is 0 Å². The van der Waals surface area contributed by atoms with Crippen molar-refractivity contribution in [2.24, 2.45) is 5.73 Å². The van der Waals surface area contributed by atoms with Crippen LogP contribution in [0.5, 0.6) is 0 Å². The van der Waals surface area contributed by atoms with Crippen molar-refractivity contribution in [1.82, 2.24) is 4.98 Å². The number of primary amides is 1. The number of nitrogen functional groups attached to an aromatic ring is 1. The van der Waals surface area contributed by atoms with Crippen LogP contribution < -0.4 is 11.5 Å². The molecule has 0 bridgehead atoms. The fourth-order valence-electron chi connectivity index (χ4n) is 1.70. The van der Waals surface area contributed by atoms with Gasteiger partial charge in [-0.2, -0.15) is 0 Å². The van der Waals surface area contributed by atoms with Crippen molar-refractivity contribution in [1.29, 1.82) is 0 Å². The third-order valence-corrected chi connectivity index (χ3v) is 2.52. The third-order valence-electron chi connectivity index (χ3n) is 2.52. The van der Waals surface area contributed by atoms with Crippen LogP contribution in [0.15, 0.2) is 42.7 Å². The molecule has 0 spiro atoms. The normalized spacial score (nSPS) is 10.1. The average Bonchev–Trinajstić information content (AvgIpc) is 2.32. The van der Waals surface area contributed by atoms with Crippen molar-refractivity contribution in [3.05, 3.63) is 59.4 Å². The first-order chi connectivity index (χ1) is 8.16. The number of aromatic nitrogens is 1. The molecule has 4 N–H and O–H groups in total. The van der Waals surface area contributed by atoms with Crippen LogP contribution in [0.2, 0.25) is 0 Å². The summed E-state index contributed by atoms with van der Waals surface area (Å²) in [6.45, 7) is 0. The molecule has 0 saturated carbocycles. The van der Waals surface area contributed by atoms with Gasteiger partial charge in [-0.25, -0.2) is 0 Å². The van der Waals surface area contributed by atoms with Crippen molar-refractivity contribution in [3.63, 3.8) is 0 Å². The Bertz CT molecular complexity index is 538. The number of nitrogens with zero attached hydrogens (tertiary/aromatic N) is 1. The van der Waals surface area contributed by atoms with Crippen LogP contribution in [0.25, 0.3) is 0 Å². The third kappa shape index (κ3) is 2.60. The summed E-state index contributed by atoms with van der Waals surface area (Å²) < 4.78 is 0. The number of hydrogen-bond acceptors (Lipinski definition) is 3. The van der Waals surface area contributed by atoms with Gasteiger partial charge in [-0.1, -0.05) is 12.1 Å². The van der Waals surface area contributed by atoms with Crippen molar-refractivity contribution in [2.45, 2.75) is 6.42 Å². The first-order valence-corrected chi connectivity index (χ1v) is 5.24. The van der Waals surface area contributed by atoms with Crippen molar-refractivity contribution in [2.75, 3.05) is 5.73 Å². The van der Waals surface area contributed by atoms with Crippen molar-refractivity contribution >= 4 is 11.6 Å². The van der Waals surface area contributed by atoms with E-state index in [1.807, 2.05) is 18.2 Å². The van der Waals surface area contributed by atoms with E-state index < -0.39 is 5.91 Å². The topological polar surface area (TPSA) is 82.0 Å². The quantitative estimate of drug-likeness (QED) is 0.776. The summed E-state index contributed by atoms with van der Waals surface area (Å²) in [7, 11) is 0. The molecular formula is C13H13N3O. The molecule has 4 nitrogen and oxygen atoms in total. The van der Waals surface area contributed by atoms with Crippen LogP contribution in [0, 0.1) is 0 Å². The van der Waals surface area contributed by atoms with Gasteiger partial charge in [0.15, 0.2) is 0 Å². The number of benzene rings is 1. The van der Waals surface area contributed by atoms with Gasteiger partial charge in [-0.05, 0) is 35.7 Å². The van der Waals surface area contributed by atoms with Gasteiger partial charge in [-0.15, -0.1) is 0 Å². The van der Waals surface area contributed by atoms with E-state index in [-0.39, 0.29) is 0 Å². The summed E-state index contributed by atoms with van der Waals surface area (Å²) in [6, 6.07) is 9.00. The highest BCUT2D eigenvalue weighted by Crippen LogP contribution is 2.16. The first kappa shape index (κ1) is 11.1. The van der Waals surface area contributed by atoms with E-state index in [2.05, 4.69) is 4.98 Å². The summed E-state index contributed by atoms with van der Waals surface area (Å²) in [5.41, 5.74) is 13.9. The Morgan fingerprint density at radius 1 is 1.29 bits per heavy atom. The highest BCUT2D eigenvalue weighted by Gasteiger charge is 2.09. The Morgan fingerprint density at radius 2 is 2.12 bits per heavy atom. The SMILES string of the molecule is NC(=O)c1cc(N)ccc1Cc1cccnc1. The summed E-state index contributed by atoms with van der Waals surface area (Å²) in [6.07, 6.45) is 4.09. The van der Waals surface area contributed by atoms with Gasteiger partial charge >= 0.3 is 0 Å². The van der Waals surface area contributed by atoms with Crippen LogP contribution in [-0.2, 0) is 6.42 Å². The molecule has 0 saturated heterocycles. The lowest BCUT2D eigenvalue weighted by Gasteiger charge is -2.07. The maximum Gasteiger partial charge on any atom is 0.249 e. The zero-order valence-electron chi connectivity index (χ0n) is 9.26. The minimum atomic E-state index is -0.462. The Balaban J connectivity index is 2.36. The second kappa shape index (κ2) is 4.65. The molecular weight excluding hydrogens is 214 g/mol. The molecule has 86 valence electrons. The molecule has 0 atom stereocenters. The molecule has 2 rings (SSSR count). The van der Waals surface area contributed by atoms with Gasteiger partial charge in [-0.3, -0.25) is 9.78 Å². The molecule has 0 fully saturated rings. The number of nitrogens with two attached hydrogens (primary N) is 2. The Kier molecular flexibility index (Phi) is 3.05. The fourth-order valence-corrected chi connectivity index (χ4v) is 1.70. The number of rotatable bonds is 3. The molecule has 0 aliphatic heterocycles. The van der Waals surface area contributed by atoms with Crippen molar-refractivity contribution < 1.29 is 4.79 Å². The molecule has 0 aliphatic carbocycles. The summed E-state index contributed by atoms with van der Waals surface area (Å²) in [5, 5.41) is 0. The van der Waals surface area contributed by atoms with Crippen molar-refractivity contribution in [3.8, 4) is 0 Å². The second-order valence-corrected chi connectivity index (χ2v) is 3.82. The number of carbonyl (C=O) groups is 1. The largest absolute Gasteiger partial charge is 0.399 e. The predicted octanol–water partition coefficient (Wildman–Crippen LogP) is 1.35. The van der Waals surface area contributed by atoms with E-state index in [0.29, 0.717) is 17.7 Å². The molecule has 4 heteroatoms. The van der Waals surface area contributed by atoms with E-state index in [1.165, 1.54) is 0 Å². The van der Waals surface area contributed by atoms with E-state index in [1.54, 1.807) is 24.5 Å². The zero-order valence-corrected chi connectivity index (χ0v) is 9.26. The lowest BCUT2D eigenvalue weighted by atomic mass is 10.00. The monoisotopic (exact) mass is 227 g/mol. The molecule has 0 radical (unpaired) electrons. The number of pyridine rings is 1. The first-order valence-electron chi connectivity index (χ1n) is 5.24. The molecule has 0 aliphatic rings. The Hall–Kier alpha value is -2.36. The Morgan fingerprint density at radius 3 is 2.76 bits per heavy atom. The molecule has 2 aromatic rings. The molecule has 1 aromatic carbocycles. The van der Waals surface area contributed by atoms with Gasteiger partial charge < -0.3 is 11.5 Å². The highest BCUT2D eigenvalue weighted by atomic mass is 16.1. The van der Waals surface area contributed by atoms with E-state index in [9.17, 15) is 4.79 Å². The number of amides is 1. The number of carbonyl (C=O) groups excluding carboxylic acids is 1. The smallest absolute Gasteiger partial charge is 0.249 e. The van der Waals surface area contributed by atoms with Crippen LogP contribution in [-0.4, -0.2) is 10.9 Å². The average molecular weight is 227 g/mol.